The number of hydrogen-bond acceptors (Lipinski definition) is 7. The van der Waals surface area contributed by atoms with Gasteiger partial charge in [0.15, 0.2) is 11.4 Å². The second kappa shape index (κ2) is 12.4. The number of carbonyl (C=O) groups is 1. The van der Waals surface area contributed by atoms with Crippen molar-refractivity contribution < 1.29 is 19.4 Å². The lowest BCUT2D eigenvalue weighted by molar-refractivity contribution is -0.245. The van der Waals surface area contributed by atoms with Crippen LogP contribution in [0, 0.1) is 0 Å². The van der Waals surface area contributed by atoms with Gasteiger partial charge in [-0.1, -0.05) is 78.5 Å². The summed E-state index contributed by atoms with van der Waals surface area (Å²) in [6.07, 6.45) is 1.62. The summed E-state index contributed by atoms with van der Waals surface area (Å²) in [4.78, 5) is 12.4. The first-order chi connectivity index (χ1) is 18.6. The molecule has 0 bridgehead atoms. The first-order valence-corrected chi connectivity index (χ1v) is 13.5. The number of amides is 1. The van der Waals surface area contributed by atoms with Crippen molar-refractivity contribution in [2.75, 3.05) is 5.75 Å². The second-order valence-electron chi connectivity index (χ2n) is 9.18. The molecule has 0 radical (unpaired) electrons. The molecule has 1 aromatic heterocycles. The Morgan fingerprint density at radius 3 is 2.39 bits per heavy atom. The van der Waals surface area contributed by atoms with Gasteiger partial charge in [-0.15, -0.1) is 10.2 Å². The van der Waals surface area contributed by atoms with Crippen molar-refractivity contribution >= 4 is 17.7 Å². The highest BCUT2D eigenvalue weighted by Gasteiger charge is 2.32. The molecule has 9 heteroatoms. The number of hydrogen-bond donors (Lipinski definition) is 2. The lowest BCUT2D eigenvalue weighted by Gasteiger charge is -2.36. The van der Waals surface area contributed by atoms with Gasteiger partial charge in [0, 0.05) is 36.9 Å². The molecule has 1 amide bonds. The van der Waals surface area contributed by atoms with Gasteiger partial charge in [0.2, 0.25) is 0 Å². The Kier molecular flexibility index (Phi) is 8.50. The van der Waals surface area contributed by atoms with Crippen molar-refractivity contribution in [1.82, 2.24) is 20.1 Å². The SMILES string of the molecule is Cn1cnnc1SCC1CC(c2ccc(CO)cc2)OC(c2ccc(CNC(=O)c3ccccc3)cc2)O1. The summed E-state index contributed by atoms with van der Waals surface area (Å²) in [5.74, 6) is 0.605. The molecule has 2 heterocycles. The number of aliphatic hydroxyl groups excluding tert-OH is 1. The van der Waals surface area contributed by atoms with E-state index in [2.05, 4.69) is 15.5 Å². The summed E-state index contributed by atoms with van der Waals surface area (Å²) < 4.78 is 14.7. The average Bonchev–Trinajstić information content (AvgIpc) is 3.39. The van der Waals surface area contributed by atoms with Crippen molar-refractivity contribution in [3.8, 4) is 0 Å². The Balaban J connectivity index is 1.27. The van der Waals surface area contributed by atoms with Crippen molar-refractivity contribution in [1.29, 1.82) is 0 Å². The Bertz CT molecular complexity index is 1330. The van der Waals surface area contributed by atoms with E-state index in [1.165, 1.54) is 0 Å². The average molecular weight is 531 g/mol. The predicted molar refractivity (Wildman–Crippen MR) is 144 cm³/mol. The number of aryl methyl sites for hydroxylation is 1. The maximum absolute atomic E-state index is 12.4. The highest BCUT2D eigenvalue weighted by atomic mass is 32.2. The summed E-state index contributed by atoms with van der Waals surface area (Å²) in [6.45, 7) is 0.434. The van der Waals surface area contributed by atoms with Gasteiger partial charge in [0.25, 0.3) is 5.91 Å². The summed E-state index contributed by atoms with van der Waals surface area (Å²) in [7, 11) is 1.92. The van der Waals surface area contributed by atoms with Crippen LogP contribution >= 0.6 is 11.8 Å². The van der Waals surface area contributed by atoms with Gasteiger partial charge in [-0.05, 0) is 28.8 Å². The molecule has 0 spiro atoms. The van der Waals surface area contributed by atoms with Crippen LogP contribution in [0.2, 0.25) is 0 Å². The number of aliphatic hydroxyl groups is 1. The molecule has 3 aromatic carbocycles. The molecular formula is C29H30N4O4S. The number of aromatic nitrogens is 3. The van der Waals surface area contributed by atoms with E-state index in [4.69, 9.17) is 9.47 Å². The molecule has 3 unspecified atom stereocenters. The maximum Gasteiger partial charge on any atom is 0.251 e. The third-order valence-electron chi connectivity index (χ3n) is 6.42. The third-order valence-corrected chi connectivity index (χ3v) is 7.59. The minimum Gasteiger partial charge on any atom is -0.392 e. The van der Waals surface area contributed by atoms with Crippen molar-refractivity contribution in [2.24, 2.45) is 7.05 Å². The molecule has 1 aliphatic rings. The fourth-order valence-corrected chi connectivity index (χ4v) is 5.17. The van der Waals surface area contributed by atoms with E-state index in [-0.39, 0.29) is 24.7 Å². The van der Waals surface area contributed by atoms with Gasteiger partial charge in [-0.3, -0.25) is 4.79 Å². The van der Waals surface area contributed by atoms with Gasteiger partial charge in [-0.25, -0.2) is 0 Å². The number of thioether (sulfide) groups is 1. The van der Waals surface area contributed by atoms with Crippen LogP contribution in [-0.4, -0.2) is 37.6 Å². The minimum absolute atomic E-state index is 0.00660. The van der Waals surface area contributed by atoms with Gasteiger partial charge >= 0.3 is 0 Å². The maximum atomic E-state index is 12.4. The van der Waals surface area contributed by atoms with Crippen molar-refractivity contribution in [3.63, 3.8) is 0 Å². The fourth-order valence-electron chi connectivity index (χ4n) is 4.26. The number of benzene rings is 3. The number of ether oxygens (including phenoxy) is 2. The normalized spacial score (nSPS) is 19.3. The molecule has 0 saturated carbocycles. The van der Waals surface area contributed by atoms with Crippen molar-refractivity contribution in [3.05, 3.63) is 113 Å². The van der Waals surface area contributed by atoms with Crippen LogP contribution in [-0.2, 0) is 29.7 Å². The van der Waals surface area contributed by atoms with E-state index in [0.717, 1.165) is 27.4 Å². The first kappa shape index (κ1) is 26.1. The van der Waals surface area contributed by atoms with Gasteiger partial charge < -0.3 is 24.5 Å². The Morgan fingerprint density at radius 1 is 1.00 bits per heavy atom. The molecule has 2 N–H and O–H groups in total. The van der Waals surface area contributed by atoms with Crippen LogP contribution in [0.25, 0.3) is 0 Å². The molecule has 0 aliphatic carbocycles. The Hall–Kier alpha value is -3.50. The fraction of sp³-hybridized carbons (Fsp3) is 0.276. The van der Waals surface area contributed by atoms with Crippen LogP contribution in [0.3, 0.4) is 0 Å². The van der Waals surface area contributed by atoms with Crippen molar-refractivity contribution in [2.45, 2.75) is 43.2 Å². The van der Waals surface area contributed by atoms with E-state index in [9.17, 15) is 9.90 Å². The van der Waals surface area contributed by atoms with Crippen LogP contribution in [0.4, 0.5) is 0 Å². The molecule has 5 rings (SSSR count). The molecule has 4 aromatic rings. The largest absolute Gasteiger partial charge is 0.392 e. The van der Waals surface area contributed by atoms with E-state index in [1.54, 1.807) is 30.2 Å². The van der Waals surface area contributed by atoms with E-state index >= 15 is 0 Å². The van der Waals surface area contributed by atoms with Crippen LogP contribution in [0.15, 0.2) is 90.3 Å². The molecule has 1 aliphatic heterocycles. The smallest absolute Gasteiger partial charge is 0.251 e. The highest BCUT2D eigenvalue weighted by Crippen LogP contribution is 2.39. The lowest BCUT2D eigenvalue weighted by Crippen LogP contribution is -2.31. The molecule has 8 nitrogen and oxygen atoms in total. The number of nitrogens with zero attached hydrogens (tertiary/aromatic N) is 3. The molecule has 38 heavy (non-hydrogen) atoms. The molecule has 196 valence electrons. The van der Waals surface area contributed by atoms with Gasteiger partial charge in [0.05, 0.1) is 18.8 Å². The molecular weight excluding hydrogens is 500 g/mol. The number of rotatable bonds is 9. The van der Waals surface area contributed by atoms with Crippen LogP contribution in [0.1, 0.15) is 51.4 Å². The van der Waals surface area contributed by atoms with Gasteiger partial charge in [-0.2, -0.15) is 0 Å². The minimum atomic E-state index is -0.538. The number of nitrogens with one attached hydrogen (secondary N) is 1. The third kappa shape index (κ3) is 6.49. The first-order valence-electron chi connectivity index (χ1n) is 12.5. The topological polar surface area (TPSA) is 98.5 Å². The molecule has 1 fully saturated rings. The molecule has 1 saturated heterocycles. The zero-order valence-corrected chi connectivity index (χ0v) is 21.9. The summed E-state index contributed by atoms with van der Waals surface area (Å²) >= 11 is 1.61. The zero-order chi connectivity index (χ0) is 26.3. The Morgan fingerprint density at radius 2 is 1.71 bits per heavy atom. The van der Waals surface area contributed by atoms with E-state index in [1.807, 2.05) is 78.3 Å². The zero-order valence-electron chi connectivity index (χ0n) is 21.1. The Labute approximate surface area is 226 Å². The van der Waals surface area contributed by atoms with Gasteiger partial charge in [0.1, 0.15) is 6.33 Å². The standard InChI is InChI=1S/C29H30N4O4S/c1-33-19-31-32-29(33)38-18-25-15-26(22-11-9-21(17-34)10-12-22)37-28(36-25)24-13-7-20(8-14-24)16-30-27(35)23-5-3-2-4-6-23/h2-14,19,25-26,28,34H,15-18H2,1H3,(H,30,35). The predicted octanol–water partition coefficient (Wildman–Crippen LogP) is 4.58. The summed E-state index contributed by atoms with van der Waals surface area (Å²) in [5.41, 5.74) is 4.44. The monoisotopic (exact) mass is 530 g/mol. The molecule has 3 atom stereocenters. The summed E-state index contributed by atoms with van der Waals surface area (Å²) in [5, 5.41) is 21.3. The quantitative estimate of drug-likeness (QED) is 0.306. The van der Waals surface area contributed by atoms with Crippen LogP contribution in [0.5, 0.6) is 0 Å². The van der Waals surface area contributed by atoms with E-state index < -0.39 is 6.29 Å². The second-order valence-corrected chi connectivity index (χ2v) is 10.2. The summed E-state index contributed by atoms with van der Waals surface area (Å²) in [6, 6.07) is 25.0. The lowest BCUT2D eigenvalue weighted by atomic mass is 10.0. The van der Waals surface area contributed by atoms with Crippen LogP contribution < -0.4 is 5.32 Å². The highest BCUT2D eigenvalue weighted by molar-refractivity contribution is 7.99. The van der Waals surface area contributed by atoms with E-state index in [0.29, 0.717) is 24.3 Å². The number of carbonyl (C=O) groups excluding carboxylic acids is 1.